The molecule has 0 unspecified atom stereocenters. The lowest BCUT2D eigenvalue weighted by molar-refractivity contribution is -0.137. The molecule has 162 valence electrons. The quantitative estimate of drug-likeness (QED) is 0.808. The summed E-state index contributed by atoms with van der Waals surface area (Å²) in [7, 11) is 0. The molecule has 4 nitrogen and oxygen atoms in total. The van der Waals surface area contributed by atoms with Gasteiger partial charge in [-0.05, 0) is 87.0 Å². The van der Waals surface area contributed by atoms with Gasteiger partial charge >= 0.3 is 0 Å². The van der Waals surface area contributed by atoms with Crippen LogP contribution in [0.5, 0.6) is 0 Å². The summed E-state index contributed by atoms with van der Waals surface area (Å²) in [6, 6.07) is 10.5. The fourth-order valence-electron chi connectivity index (χ4n) is 7.80. The van der Waals surface area contributed by atoms with Crippen molar-refractivity contribution in [1.29, 1.82) is 0 Å². The van der Waals surface area contributed by atoms with Gasteiger partial charge in [0.25, 0.3) is 0 Å². The highest BCUT2D eigenvalue weighted by molar-refractivity contribution is 5.89. The normalized spacial score (nSPS) is 35.1. The molecule has 1 atom stereocenters. The zero-order chi connectivity index (χ0) is 20.9. The Bertz CT molecular complexity index is 774. The Labute approximate surface area is 180 Å². The van der Waals surface area contributed by atoms with Crippen molar-refractivity contribution in [2.24, 2.45) is 23.2 Å². The van der Waals surface area contributed by atoms with E-state index in [2.05, 4.69) is 24.4 Å². The number of benzene rings is 1. The third-order valence-electron chi connectivity index (χ3n) is 9.18. The molecule has 4 bridgehead atoms. The van der Waals surface area contributed by atoms with E-state index < -0.39 is 5.41 Å². The Morgan fingerprint density at radius 2 is 1.50 bits per heavy atom. The van der Waals surface area contributed by atoms with Crippen molar-refractivity contribution in [2.45, 2.75) is 76.7 Å². The Morgan fingerprint density at radius 1 is 0.967 bits per heavy atom. The van der Waals surface area contributed by atoms with Gasteiger partial charge in [-0.15, -0.1) is 0 Å². The van der Waals surface area contributed by atoms with Gasteiger partial charge in [0.2, 0.25) is 11.8 Å². The number of likely N-dealkylation sites (tertiary alicyclic amines) is 1. The van der Waals surface area contributed by atoms with Crippen molar-refractivity contribution >= 4 is 11.8 Å². The van der Waals surface area contributed by atoms with Crippen molar-refractivity contribution in [2.75, 3.05) is 13.1 Å². The van der Waals surface area contributed by atoms with E-state index in [0.29, 0.717) is 31.3 Å². The monoisotopic (exact) mass is 408 g/mol. The fraction of sp³-hybridized carbons (Fsp3) is 0.692. The van der Waals surface area contributed by atoms with Crippen LogP contribution in [0.1, 0.15) is 70.8 Å². The van der Waals surface area contributed by atoms with Crippen LogP contribution in [-0.4, -0.2) is 35.8 Å². The zero-order valence-electron chi connectivity index (χ0n) is 18.5. The minimum atomic E-state index is -0.524. The number of carbonyl (C=O) groups is 2. The van der Waals surface area contributed by atoms with Gasteiger partial charge in [-0.1, -0.05) is 30.3 Å². The number of rotatable bonds is 4. The Kier molecular flexibility index (Phi) is 4.95. The van der Waals surface area contributed by atoms with Gasteiger partial charge in [-0.3, -0.25) is 9.59 Å². The van der Waals surface area contributed by atoms with Gasteiger partial charge in [0.1, 0.15) is 0 Å². The summed E-state index contributed by atoms with van der Waals surface area (Å²) in [5.74, 6) is 2.95. The van der Waals surface area contributed by atoms with Gasteiger partial charge in [0, 0.05) is 26.1 Å². The molecule has 1 aromatic rings. The zero-order valence-corrected chi connectivity index (χ0v) is 18.5. The molecule has 6 rings (SSSR count). The first-order chi connectivity index (χ1) is 14.4. The fourth-order valence-corrected chi connectivity index (χ4v) is 7.80. The van der Waals surface area contributed by atoms with Crippen molar-refractivity contribution in [3.63, 3.8) is 0 Å². The van der Waals surface area contributed by atoms with E-state index in [0.717, 1.165) is 23.3 Å². The van der Waals surface area contributed by atoms with Crippen LogP contribution >= 0.6 is 0 Å². The summed E-state index contributed by atoms with van der Waals surface area (Å²) in [5.41, 5.74) is 0.884. The number of nitrogens with zero attached hydrogens (tertiary/aromatic N) is 1. The second-order valence-corrected chi connectivity index (χ2v) is 10.9. The van der Waals surface area contributed by atoms with Gasteiger partial charge in [0.05, 0.1) is 5.41 Å². The molecule has 1 saturated heterocycles. The van der Waals surface area contributed by atoms with E-state index in [1.54, 1.807) is 6.92 Å². The van der Waals surface area contributed by atoms with E-state index in [1.807, 2.05) is 23.1 Å². The second kappa shape index (κ2) is 7.39. The summed E-state index contributed by atoms with van der Waals surface area (Å²) in [4.78, 5) is 27.7. The van der Waals surface area contributed by atoms with E-state index in [4.69, 9.17) is 0 Å². The van der Waals surface area contributed by atoms with Gasteiger partial charge < -0.3 is 10.2 Å². The van der Waals surface area contributed by atoms with Crippen LogP contribution in [0.15, 0.2) is 30.3 Å². The van der Waals surface area contributed by atoms with Crippen LogP contribution in [0, 0.1) is 23.2 Å². The number of hydrogen-bond acceptors (Lipinski definition) is 2. The van der Waals surface area contributed by atoms with Crippen molar-refractivity contribution < 1.29 is 9.59 Å². The maximum Gasteiger partial charge on any atom is 0.231 e. The molecule has 4 heteroatoms. The average Bonchev–Trinajstić information content (AvgIpc) is 2.73. The maximum absolute atomic E-state index is 13.9. The Morgan fingerprint density at radius 3 is 2.00 bits per heavy atom. The van der Waals surface area contributed by atoms with Crippen LogP contribution in [0.4, 0.5) is 0 Å². The third kappa shape index (κ3) is 3.27. The molecule has 0 radical (unpaired) electrons. The number of carbonyl (C=O) groups excluding carboxylic acids is 2. The minimum Gasteiger partial charge on any atom is -0.352 e. The molecule has 1 heterocycles. The summed E-state index contributed by atoms with van der Waals surface area (Å²) >= 11 is 0. The SMILES string of the molecule is CC(=O)N1CCC(C(=O)N[C@@H](C)C23CC4CC(CC(C4)C2)C3)(c2ccccc2)CC1. The Hall–Kier alpha value is -1.84. The molecule has 1 aliphatic heterocycles. The standard InChI is InChI=1S/C26H36N2O2/c1-18(25-15-20-12-21(16-25)14-22(13-20)17-25)27-24(30)26(23-6-4-3-5-7-23)8-10-28(11-9-26)19(2)29/h3-7,18,20-22H,8-17H2,1-2H3,(H,27,30)/t18-,20?,21?,22?,25?/m0/s1. The summed E-state index contributed by atoms with van der Waals surface area (Å²) < 4.78 is 0. The molecule has 30 heavy (non-hydrogen) atoms. The number of piperidine rings is 1. The number of hydrogen-bond donors (Lipinski definition) is 1. The first kappa shape index (κ1) is 20.1. The van der Waals surface area contributed by atoms with E-state index >= 15 is 0 Å². The third-order valence-corrected chi connectivity index (χ3v) is 9.18. The van der Waals surface area contributed by atoms with Crippen molar-refractivity contribution in [3.8, 4) is 0 Å². The summed E-state index contributed by atoms with van der Waals surface area (Å²) in [5, 5.41) is 3.55. The highest BCUT2D eigenvalue weighted by Crippen LogP contribution is 2.61. The Balaban J connectivity index is 1.37. The number of amides is 2. The maximum atomic E-state index is 13.9. The lowest BCUT2D eigenvalue weighted by Crippen LogP contribution is -2.59. The molecule has 5 fully saturated rings. The molecule has 5 aliphatic rings. The molecule has 0 aromatic heterocycles. The van der Waals surface area contributed by atoms with Crippen LogP contribution in [0.3, 0.4) is 0 Å². The smallest absolute Gasteiger partial charge is 0.231 e. The predicted octanol–water partition coefficient (Wildman–Crippen LogP) is 4.29. The first-order valence-electron chi connectivity index (χ1n) is 12.0. The molecular weight excluding hydrogens is 372 g/mol. The minimum absolute atomic E-state index is 0.110. The largest absolute Gasteiger partial charge is 0.352 e. The number of nitrogens with one attached hydrogen (secondary N) is 1. The van der Waals surface area contributed by atoms with Gasteiger partial charge in [0.15, 0.2) is 0 Å². The van der Waals surface area contributed by atoms with Crippen molar-refractivity contribution in [1.82, 2.24) is 10.2 Å². The van der Waals surface area contributed by atoms with Gasteiger partial charge in [-0.2, -0.15) is 0 Å². The molecule has 1 aromatic carbocycles. The summed E-state index contributed by atoms with van der Waals surface area (Å²) in [6.07, 6.45) is 9.59. The van der Waals surface area contributed by atoms with Gasteiger partial charge in [-0.25, -0.2) is 0 Å². The van der Waals surface area contributed by atoms with E-state index in [1.165, 1.54) is 38.5 Å². The van der Waals surface area contributed by atoms with Crippen LogP contribution in [0.25, 0.3) is 0 Å². The topological polar surface area (TPSA) is 49.4 Å². The van der Waals surface area contributed by atoms with Crippen LogP contribution in [-0.2, 0) is 15.0 Å². The van der Waals surface area contributed by atoms with Crippen molar-refractivity contribution in [3.05, 3.63) is 35.9 Å². The molecule has 0 spiro atoms. The molecule has 4 aliphatic carbocycles. The lowest BCUT2D eigenvalue weighted by Gasteiger charge is -2.59. The molecule has 4 saturated carbocycles. The van der Waals surface area contributed by atoms with E-state index in [-0.39, 0.29) is 17.9 Å². The lowest BCUT2D eigenvalue weighted by atomic mass is 9.48. The second-order valence-electron chi connectivity index (χ2n) is 10.9. The average molecular weight is 409 g/mol. The first-order valence-corrected chi connectivity index (χ1v) is 12.0. The molecular formula is C26H36N2O2. The highest BCUT2D eigenvalue weighted by Gasteiger charge is 2.54. The van der Waals surface area contributed by atoms with Crippen LogP contribution < -0.4 is 5.32 Å². The summed E-state index contributed by atoms with van der Waals surface area (Å²) in [6.45, 7) is 5.21. The van der Waals surface area contributed by atoms with Crippen LogP contribution in [0.2, 0.25) is 0 Å². The predicted molar refractivity (Wildman–Crippen MR) is 118 cm³/mol. The van der Waals surface area contributed by atoms with E-state index in [9.17, 15) is 9.59 Å². The molecule has 2 amide bonds. The highest BCUT2D eigenvalue weighted by atomic mass is 16.2. The molecule has 1 N–H and O–H groups in total.